The minimum Gasteiger partial charge on any atom is -0.454 e. The van der Waals surface area contributed by atoms with E-state index >= 15 is 0 Å². The molecule has 0 aliphatic carbocycles. The second-order valence-electron chi connectivity index (χ2n) is 7.57. The molecule has 1 unspecified atom stereocenters. The van der Waals surface area contributed by atoms with Gasteiger partial charge in [-0.25, -0.2) is 4.98 Å². The van der Waals surface area contributed by atoms with Gasteiger partial charge in [0.2, 0.25) is 18.5 Å². The number of ether oxygens (including phenoxy) is 2. The average molecular weight is 393 g/mol. The molecule has 0 saturated carbocycles. The number of anilines is 1. The van der Waals surface area contributed by atoms with Gasteiger partial charge in [-0.1, -0.05) is 11.2 Å². The van der Waals surface area contributed by atoms with Crippen molar-refractivity contribution in [1.29, 1.82) is 0 Å². The molecule has 2 aliphatic rings. The Balaban J connectivity index is 1.32. The zero-order valence-electron chi connectivity index (χ0n) is 16.5. The van der Waals surface area contributed by atoms with Crippen molar-refractivity contribution in [3.63, 3.8) is 0 Å². The Morgan fingerprint density at radius 3 is 2.86 bits per heavy atom. The van der Waals surface area contributed by atoms with E-state index in [0.717, 1.165) is 48.8 Å². The molecule has 8 nitrogen and oxygen atoms in total. The molecule has 0 amide bonds. The first-order valence-corrected chi connectivity index (χ1v) is 9.77. The molecular formula is C21H23N5O3. The third kappa shape index (κ3) is 3.51. The maximum atomic E-state index is 5.64. The first-order chi connectivity index (χ1) is 14.2. The Kier molecular flexibility index (Phi) is 4.55. The summed E-state index contributed by atoms with van der Waals surface area (Å²) in [4.78, 5) is 13.4. The SMILES string of the molecule is CN(C)c1ccc(-c2noc(C3CCCN3Cc3ccc4c(c3)OCO4)n2)cn1. The molecule has 0 spiro atoms. The number of hydrogen-bond donors (Lipinski definition) is 0. The molecule has 150 valence electrons. The molecule has 3 aromatic rings. The zero-order valence-corrected chi connectivity index (χ0v) is 16.5. The summed E-state index contributed by atoms with van der Waals surface area (Å²) in [5.74, 6) is 3.75. The van der Waals surface area contributed by atoms with Crippen LogP contribution in [0.4, 0.5) is 5.82 Å². The van der Waals surface area contributed by atoms with Crippen molar-refractivity contribution in [2.45, 2.75) is 25.4 Å². The lowest BCUT2D eigenvalue weighted by Crippen LogP contribution is -2.23. The van der Waals surface area contributed by atoms with Crippen LogP contribution < -0.4 is 14.4 Å². The van der Waals surface area contributed by atoms with Gasteiger partial charge in [0.15, 0.2) is 11.5 Å². The van der Waals surface area contributed by atoms with Crippen molar-refractivity contribution in [2.24, 2.45) is 0 Å². The van der Waals surface area contributed by atoms with Crippen LogP contribution in [0.3, 0.4) is 0 Å². The Morgan fingerprint density at radius 1 is 1.14 bits per heavy atom. The summed E-state index contributed by atoms with van der Waals surface area (Å²) in [7, 11) is 3.92. The summed E-state index contributed by atoms with van der Waals surface area (Å²) in [5.41, 5.74) is 2.04. The Labute approximate surface area is 169 Å². The van der Waals surface area contributed by atoms with Gasteiger partial charge in [0.1, 0.15) is 5.82 Å². The maximum Gasteiger partial charge on any atom is 0.244 e. The highest BCUT2D eigenvalue weighted by atomic mass is 16.7. The topological polar surface area (TPSA) is 76.8 Å². The van der Waals surface area contributed by atoms with Gasteiger partial charge in [-0.15, -0.1) is 0 Å². The number of nitrogens with zero attached hydrogens (tertiary/aromatic N) is 5. The van der Waals surface area contributed by atoms with Crippen molar-refractivity contribution in [3.05, 3.63) is 48.0 Å². The molecule has 0 radical (unpaired) electrons. The third-order valence-electron chi connectivity index (χ3n) is 5.38. The van der Waals surface area contributed by atoms with E-state index in [9.17, 15) is 0 Å². The number of hydrogen-bond acceptors (Lipinski definition) is 8. The summed E-state index contributed by atoms with van der Waals surface area (Å²) in [6.07, 6.45) is 3.89. The highest BCUT2D eigenvalue weighted by Crippen LogP contribution is 2.36. The fourth-order valence-corrected chi connectivity index (χ4v) is 3.84. The summed E-state index contributed by atoms with van der Waals surface area (Å²) in [6, 6.07) is 10.1. The Morgan fingerprint density at radius 2 is 2.03 bits per heavy atom. The smallest absolute Gasteiger partial charge is 0.244 e. The Bertz CT molecular complexity index is 1000. The van der Waals surface area contributed by atoms with E-state index in [4.69, 9.17) is 14.0 Å². The molecule has 1 fully saturated rings. The Hall–Kier alpha value is -3.13. The number of aromatic nitrogens is 3. The van der Waals surface area contributed by atoms with Gasteiger partial charge in [-0.3, -0.25) is 4.90 Å². The zero-order chi connectivity index (χ0) is 19.8. The van der Waals surface area contributed by atoms with Crippen LogP contribution in [0.2, 0.25) is 0 Å². The minimum absolute atomic E-state index is 0.121. The second kappa shape index (κ2) is 7.36. The monoisotopic (exact) mass is 393 g/mol. The average Bonchev–Trinajstić information content (AvgIpc) is 3.48. The normalized spacial score (nSPS) is 18.3. The van der Waals surface area contributed by atoms with Gasteiger partial charge in [-0.05, 0) is 49.2 Å². The van der Waals surface area contributed by atoms with E-state index in [2.05, 4.69) is 32.2 Å². The molecule has 4 heterocycles. The fraction of sp³-hybridized carbons (Fsp3) is 0.381. The molecule has 8 heteroatoms. The second-order valence-corrected chi connectivity index (χ2v) is 7.57. The standard InChI is InChI=1S/C21H23N5O3/c1-25(2)19-8-6-15(11-22-19)20-23-21(29-24-20)16-4-3-9-26(16)12-14-5-7-17-18(10-14)28-13-27-17/h5-8,10-11,16H,3-4,9,12-13H2,1-2H3. The predicted molar refractivity (Wildman–Crippen MR) is 107 cm³/mol. The van der Waals surface area contributed by atoms with E-state index < -0.39 is 0 Å². The van der Waals surface area contributed by atoms with Gasteiger partial charge >= 0.3 is 0 Å². The van der Waals surface area contributed by atoms with Crippen LogP contribution in [-0.4, -0.2) is 47.5 Å². The fourth-order valence-electron chi connectivity index (χ4n) is 3.84. The van der Waals surface area contributed by atoms with Crippen LogP contribution in [0.1, 0.15) is 30.3 Å². The molecular weight excluding hydrogens is 370 g/mol. The number of pyridine rings is 1. The summed E-state index contributed by atoms with van der Waals surface area (Å²) in [6.45, 7) is 2.09. The highest BCUT2D eigenvalue weighted by Gasteiger charge is 2.31. The molecule has 2 aliphatic heterocycles. The van der Waals surface area contributed by atoms with Gasteiger partial charge in [0.25, 0.3) is 0 Å². The molecule has 1 aromatic carbocycles. The van der Waals surface area contributed by atoms with Gasteiger partial charge in [0.05, 0.1) is 6.04 Å². The van der Waals surface area contributed by atoms with Crippen molar-refractivity contribution in [1.82, 2.24) is 20.0 Å². The molecule has 0 bridgehead atoms. The summed E-state index contributed by atoms with van der Waals surface area (Å²) < 4.78 is 16.5. The number of rotatable bonds is 5. The van der Waals surface area contributed by atoms with Crippen LogP contribution in [0.15, 0.2) is 41.1 Å². The molecule has 1 saturated heterocycles. The van der Waals surface area contributed by atoms with E-state index in [1.807, 2.05) is 37.2 Å². The summed E-state index contributed by atoms with van der Waals surface area (Å²) >= 11 is 0. The molecule has 5 rings (SSSR count). The van der Waals surface area contributed by atoms with Crippen LogP contribution in [0.25, 0.3) is 11.4 Å². The van der Waals surface area contributed by atoms with Crippen LogP contribution in [0.5, 0.6) is 11.5 Å². The van der Waals surface area contributed by atoms with Gasteiger partial charge in [0, 0.05) is 32.4 Å². The van der Waals surface area contributed by atoms with Crippen molar-refractivity contribution in [3.8, 4) is 22.9 Å². The molecule has 1 atom stereocenters. The van der Waals surface area contributed by atoms with Gasteiger partial charge < -0.3 is 18.9 Å². The van der Waals surface area contributed by atoms with E-state index in [1.165, 1.54) is 5.56 Å². The van der Waals surface area contributed by atoms with Crippen molar-refractivity contribution >= 4 is 5.82 Å². The highest BCUT2D eigenvalue weighted by molar-refractivity contribution is 5.55. The van der Waals surface area contributed by atoms with Gasteiger partial charge in [-0.2, -0.15) is 4.98 Å². The van der Waals surface area contributed by atoms with Crippen LogP contribution in [0, 0.1) is 0 Å². The predicted octanol–water partition coefficient (Wildman–Crippen LogP) is 3.26. The largest absolute Gasteiger partial charge is 0.454 e. The van der Waals surface area contributed by atoms with E-state index in [1.54, 1.807) is 6.20 Å². The third-order valence-corrected chi connectivity index (χ3v) is 5.38. The van der Waals surface area contributed by atoms with E-state index in [0.29, 0.717) is 18.5 Å². The van der Waals surface area contributed by atoms with Crippen LogP contribution >= 0.6 is 0 Å². The molecule has 2 aromatic heterocycles. The lowest BCUT2D eigenvalue weighted by molar-refractivity contribution is 0.173. The number of fused-ring (bicyclic) bond motifs is 1. The number of benzene rings is 1. The first kappa shape index (κ1) is 17.9. The van der Waals surface area contributed by atoms with Crippen molar-refractivity contribution < 1.29 is 14.0 Å². The number of likely N-dealkylation sites (tertiary alicyclic amines) is 1. The lowest BCUT2D eigenvalue weighted by atomic mass is 10.1. The molecule has 29 heavy (non-hydrogen) atoms. The molecule has 0 N–H and O–H groups in total. The quantitative estimate of drug-likeness (QED) is 0.654. The first-order valence-electron chi connectivity index (χ1n) is 9.77. The van der Waals surface area contributed by atoms with E-state index in [-0.39, 0.29) is 6.04 Å². The summed E-state index contributed by atoms with van der Waals surface area (Å²) in [5, 5.41) is 4.19. The maximum absolute atomic E-state index is 5.64. The lowest BCUT2D eigenvalue weighted by Gasteiger charge is -2.21. The van der Waals surface area contributed by atoms with Crippen molar-refractivity contribution in [2.75, 3.05) is 32.3 Å². The van der Waals surface area contributed by atoms with Crippen LogP contribution in [-0.2, 0) is 6.54 Å². The minimum atomic E-state index is 0.121.